The molecule has 0 fully saturated rings. The summed E-state index contributed by atoms with van der Waals surface area (Å²) in [7, 11) is 0. The number of rotatable bonds is 0. The normalized spacial score (nSPS) is 10.9. The van der Waals surface area contributed by atoms with E-state index in [1.54, 1.807) is 0 Å². The van der Waals surface area contributed by atoms with Gasteiger partial charge < -0.3 is 0 Å². The summed E-state index contributed by atoms with van der Waals surface area (Å²) in [6, 6.07) is 3.84. The number of fused-ring (bicyclic) bond motifs is 1. The Hall–Kier alpha value is -0.190. The molecule has 0 unspecified atom stereocenters. The lowest BCUT2D eigenvalue weighted by Gasteiger charge is -2.04. The van der Waals surface area contributed by atoms with Crippen LogP contribution >= 0.6 is 43.5 Å². The Bertz CT molecular complexity index is 471. The van der Waals surface area contributed by atoms with Gasteiger partial charge in [-0.3, -0.25) is 0 Å². The average Bonchev–Trinajstić information content (AvgIpc) is 1.99. The highest BCUT2D eigenvalue weighted by Crippen LogP contribution is 2.31. The predicted octanol–water partition coefficient (Wildman–Crippen LogP) is 4.12. The van der Waals surface area contributed by atoms with Crippen LogP contribution in [0.3, 0.4) is 0 Å². The SMILES string of the molecule is Cc1nc(Cl)c2c(Br)cc(Br)cc2n1. The van der Waals surface area contributed by atoms with Crippen LogP contribution < -0.4 is 0 Å². The van der Waals surface area contributed by atoms with Crippen LogP contribution in [0.25, 0.3) is 10.9 Å². The van der Waals surface area contributed by atoms with Gasteiger partial charge in [0, 0.05) is 8.95 Å². The van der Waals surface area contributed by atoms with Crippen LogP contribution in [-0.2, 0) is 0 Å². The van der Waals surface area contributed by atoms with Crippen molar-refractivity contribution in [3.63, 3.8) is 0 Å². The number of nitrogens with zero attached hydrogens (tertiary/aromatic N) is 2. The Morgan fingerprint density at radius 1 is 1.21 bits per heavy atom. The Labute approximate surface area is 103 Å². The van der Waals surface area contributed by atoms with Gasteiger partial charge in [0.15, 0.2) is 0 Å². The van der Waals surface area contributed by atoms with E-state index in [-0.39, 0.29) is 0 Å². The van der Waals surface area contributed by atoms with E-state index in [1.165, 1.54) is 0 Å². The first-order chi connectivity index (χ1) is 6.58. The molecule has 0 radical (unpaired) electrons. The minimum atomic E-state index is 0.479. The van der Waals surface area contributed by atoms with Gasteiger partial charge in [0.1, 0.15) is 11.0 Å². The van der Waals surface area contributed by atoms with Gasteiger partial charge >= 0.3 is 0 Å². The molecular weight excluding hydrogens is 331 g/mol. The van der Waals surface area contributed by atoms with Crippen LogP contribution in [0.5, 0.6) is 0 Å². The highest BCUT2D eigenvalue weighted by molar-refractivity contribution is 9.11. The molecule has 1 aromatic heterocycles. The molecule has 0 bridgehead atoms. The van der Waals surface area contributed by atoms with E-state index in [1.807, 2.05) is 19.1 Å². The van der Waals surface area contributed by atoms with Gasteiger partial charge in [-0.15, -0.1) is 0 Å². The first-order valence-corrected chi connectivity index (χ1v) is 5.83. The van der Waals surface area contributed by atoms with Crippen molar-refractivity contribution in [1.29, 1.82) is 0 Å². The third-order valence-corrected chi connectivity index (χ3v) is 3.14. The molecule has 0 aliphatic carbocycles. The van der Waals surface area contributed by atoms with Gasteiger partial charge in [-0.1, -0.05) is 27.5 Å². The standard InChI is InChI=1S/C9H5Br2ClN2/c1-4-13-7-3-5(10)2-6(11)8(7)9(12)14-4/h2-3H,1H3. The molecule has 14 heavy (non-hydrogen) atoms. The molecule has 0 saturated carbocycles. The first kappa shape index (κ1) is 10.3. The predicted molar refractivity (Wildman–Crippen MR) is 64.7 cm³/mol. The zero-order valence-corrected chi connectivity index (χ0v) is 11.1. The molecule has 0 aliphatic heterocycles. The van der Waals surface area contributed by atoms with E-state index in [0.717, 1.165) is 19.8 Å². The highest BCUT2D eigenvalue weighted by atomic mass is 79.9. The fourth-order valence-electron chi connectivity index (χ4n) is 1.25. The number of benzene rings is 1. The summed E-state index contributed by atoms with van der Waals surface area (Å²) in [5.74, 6) is 0.674. The minimum Gasteiger partial charge on any atom is -0.233 e. The maximum atomic E-state index is 6.02. The van der Waals surface area contributed by atoms with Crippen LogP contribution in [0.1, 0.15) is 5.82 Å². The van der Waals surface area contributed by atoms with Crippen molar-refractivity contribution in [1.82, 2.24) is 9.97 Å². The lowest BCUT2D eigenvalue weighted by molar-refractivity contribution is 1.09. The van der Waals surface area contributed by atoms with E-state index in [9.17, 15) is 0 Å². The van der Waals surface area contributed by atoms with Gasteiger partial charge in [0.05, 0.1) is 10.9 Å². The summed E-state index contributed by atoms with van der Waals surface area (Å²) in [5, 5.41) is 1.33. The number of halogens is 3. The van der Waals surface area contributed by atoms with E-state index in [2.05, 4.69) is 41.8 Å². The molecule has 5 heteroatoms. The van der Waals surface area contributed by atoms with E-state index in [0.29, 0.717) is 11.0 Å². The Kier molecular flexibility index (Phi) is 2.77. The second-order valence-electron chi connectivity index (χ2n) is 2.84. The molecule has 0 aliphatic rings. The molecular formula is C9H5Br2ClN2. The smallest absolute Gasteiger partial charge is 0.141 e. The van der Waals surface area contributed by atoms with Crippen LogP contribution in [0, 0.1) is 6.92 Å². The Morgan fingerprint density at radius 3 is 2.64 bits per heavy atom. The largest absolute Gasteiger partial charge is 0.233 e. The molecule has 0 saturated heterocycles. The maximum Gasteiger partial charge on any atom is 0.141 e. The van der Waals surface area contributed by atoms with Crippen LogP contribution in [0.4, 0.5) is 0 Å². The molecule has 2 aromatic rings. The Balaban J connectivity index is 2.94. The Morgan fingerprint density at radius 2 is 1.93 bits per heavy atom. The quantitative estimate of drug-likeness (QED) is 0.677. The number of aryl methyl sites for hydroxylation is 1. The zero-order chi connectivity index (χ0) is 10.3. The first-order valence-electron chi connectivity index (χ1n) is 3.87. The molecule has 0 amide bonds. The summed E-state index contributed by atoms with van der Waals surface area (Å²) < 4.78 is 1.86. The number of hydrogen-bond donors (Lipinski definition) is 0. The summed E-state index contributed by atoms with van der Waals surface area (Å²) in [5.41, 5.74) is 0.837. The van der Waals surface area contributed by atoms with Crippen molar-refractivity contribution < 1.29 is 0 Å². The molecule has 72 valence electrons. The third-order valence-electron chi connectivity index (χ3n) is 1.78. The van der Waals surface area contributed by atoms with Crippen LogP contribution in [0.15, 0.2) is 21.1 Å². The third kappa shape index (κ3) is 1.78. The summed E-state index contributed by atoms with van der Waals surface area (Å²) in [4.78, 5) is 8.40. The van der Waals surface area contributed by atoms with Crippen molar-refractivity contribution in [3.8, 4) is 0 Å². The fourth-order valence-corrected chi connectivity index (χ4v) is 3.08. The highest BCUT2D eigenvalue weighted by Gasteiger charge is 2.08. The van der Waals surface area contributed by atoms with Gasteiger partial charge in [-0.2, -0.15) is 0 Å². The fraction of sp³-hybridized carbons (Fsp3) is 0.111. The minimum absolute atomic E-state index is 0.479. The van der Waals surface area contributed by atoms with Gasteiger partial charge in [0.25, 0.3) is 0 Å². The lowest BCUT2D eigenvalue weighted by atomic mass is 10.2. The molecule has 1 heterocycles. The molecule has 0 spiro atoms. The zero-order valence-electron chi connectivity index (χ0n) is 7.18. The second-order valence-corrected chi connectivity index (χ2v) is 4.97. The number of hydrogen-bond acceptors (Lipinski definition) is 2. The van der Waals surface area contributed by atoms with E-state index in [4.69, 9.17) is 11.6 Å². The summed E-state index contributed by atoms with van der Waals surface area (Å²) >= 11 is 12.9. The van der Waals surface area contributed by atoms with Crippen LogP contribution in [0.2, 0.25) is 5.15 Å². The molecule has 2 nitrogen and oxygen atoms in total. The van der Waals surface area contributed by atoms with Crippen molar-refractivity contribution in [2.45, 2.75) is 6.92 Å². The van der Waals surface area contributed by atoms with Crippen LogP contribution in [-0.4, -0.2) is 9.97 Å². The molecule has 1 aromatic carbocycles. The number of aromatic nitrogens is 2. The maximum absolute atomic E-state index is 6.02. The van der Waals surface area contributed by atoms with Gasteiger partial charge in [-0.25, -0.2) is 9.97 Å². The van der Waals surface area contributed by atoms with E-state index >= 15 is 0 Å². The van der Waals surface area contributed by atoms with Crippen molar-refractivity contribution in [2.75, 3.05) is 0 Å². The molecule has 0 atom stereocenters. The second kappa shape index (κ2) is 3.76. The molecule has 2 rings (SSSR count). The van der Waals surface area contributed by atoms with Crippen molar-refractivity contribution in [2.24, 2.45) is 0 Å². The van der Waals surface area contributed by atoms with Crippen molar-refractivity contribution in [3.05, 3.63) is 32.1 Å². The molecule has 0 N–H and O–H groups in total. The summed E-state index contributed by atoms with van der Waals surface area (Å²) in [6.45, 7) is 1.82. The van der Waals surface area contributed by atoms with Gasteiger partial charge in [0.2, 0.25) is 0 Å². The lowest BCUT2D eigenvalue weighted by Crippen LogP contribution is -1.91. The van der Waals surface area contributed by atoms with E-state index < -0.39 is 0 Å². The van der Waals surface area contributed by atoms with Crippen molar-refractivity contribution >= 4 is 54.4 Å². The average molecular weight is 336 g/mol. The van der Waals surface area contributed by atoms with Gasteiger partial charge in [-0.05, 0) is 35.0 Å². The summed E-state index contributed by atoms with van der Waals surface area (Å²) in [6.07, 6.45) is 0. The topological polar surface area (TPSA) is 25.8 Å². The monoisotopic (exact) mass is 334 g/mol.